The third-order valence-electron chi connectivity index (χ3n) is 3.51. The minimum Gasteiger partial charge on any atom is -0.480 e. The molecule has 2 aliphatic heterocycles. The van der Waals surface area contributed by atoms with Crippen molar-refractivity contribution >= 4 is 5.97 Å². The maximum atomic E-state index is 10.8. The van der Waals surface area contributed by atoms with Crippen LogP contribution in [-0.2, 0) is 4.79 Å². The van der Waals surface area contributed by atoms with E-state index in [0.717, 1.165) is 32.0 Å². The summed E-state index contributed by atoms with van der Waals surface area (Å²) in [6, 6.07) is -0.296. The first-order valence-electron chi connectivity index (χ1n) is 5.44. The van der Waals surface area contributed by atoms with Crippen LogP contribution in [0.3, 0.4) is 0 Å². The van der Waals surface area contributed by atoms with Gasteiger partial charge in [0, 0.05) is 0 Å². The average molecular weight is 198 g/mol. The van der Waals surface area contributed by atoms with Gasteiger partial charge in [-0.15, -0.1) is 0 Å². The normalized spacial score (nSPS) is 34.6. The van der Waals surface area contributed by atoms with E-state index in [-0.39, 0.29) is 6.04 Å². The van der Waals surface area contributed by atoms with Crippen LogP contribution in [0.15, 0.2) is 0 Å². The van der Waals surface area contributed by atoms with Crippen LogP contribution in [-0.4, -0.2) is 36.8 Å². The highest BCUT2D eigenvalue weighted by atomic mass is 16.4. The van der Waals surface area contributed by atoms with Crippen molar-refractivity contribution in [1.29, 1.82) is 0 Å². The van der Waals surface area contributed by atoms with E-state index in [4.69, 9.17) is 5.11 Å². The zero-order chi connectivity index (χ0) is 9.97. The number of aliphatic carboxylic acids is 1. The van der Waals surface area contributed by atoms with Crippen molar-refractivity contribution in [3.8, 4) is 0 Å². The van der Waals surface area contributed by atoms with Gasteiger partial charge >= 0.3 is 5.97 Å². The second-order valence-electron chi connectivity index (χ2n) is 4.38. The SMILES string of the molecule is O=C(O)C1CC(C2CCNCC2)CN1. The van der Waals surface area contributed by atoms with Gasteiger partial charge in [-0.1, -0.05) is 0 Å². The molecule has 14 heavy (non-hydrogen) atoms. The second kappa shape index (κ2) is 4.28. The number of rotatable bonds is 2. The number of hydrogen-bond donors (Lipinski definition) is 3. The first-order valence-corrected chi connectivity index (χ1v) is 5.44. The molecule has 3 N–H and O–H groups in total. The first kappa shape index (κ1) is 9.93. The van der Waals surface area contributed by atoms with Crippen molar-refractivity contribution in [1.82, 2.24) is 10.6 Å². The lowest BCUT2D eigenvalue weighted by molar-refractivity contribution is -0.139. The number of nitrogens with one attached hydrogen (secondary N) is 2. The van der Waals surface area contributed by atoms with E-state index in [2.05, 4.69) is 10.6 Å². The van der Waals surface area contributed by atoms with Crippen LogP contribution in [0.25, 0.3) is 0 Å². The van der Waals surface area contributed by atoms with Gasteiger partial charge in [0.25, 0.3) is 0 Å². The van der Waals surface area contributed by atoms with Gasteiger partial charge in [-0.05, 0) is 50.7 Å². The Morgan fingerprint density at radius 1 is 1.21 bits per heavy atom. The van der Waals surface area contributed by atoms with Crippen molar-refractivity contribution in [2.24, 2.45) is 11.8 Å². The molecule has 4 heteroatoms. The Bertz CT molecular complexity index is 214. The fourth-order valence-electron chi connectivity index (χ4n) is 2.63. The van der Waals surface area contributed by atoms with E-state index in [1.165, 1.54) is 12.8 Å². The molecule has 0 aromatic carbocycles. The molecule has 2 unspecified atom stereocenters. The Morgan fingerprint density at radius 3 is 2.50 bits per heavy atom. The van der Waals surface area contributed by atoms with Gasteiger partial charge in [-0.3, -0.25) is 4.79 Å². The lowest BCUT2D eigenvalue weighted by Crippen LogP contribution is -2.32. The van der Waals surface area contributed by atoms with Crippen LogP contribution in [0.5, 0.6) is 0 Å². The van der Waals surface area contributed by atoms with Gasteiger partial charge in [0.15, 0.2) is 0 Å². The van der Waals surface area contributed by atoms with Gasteiger partial charge in [0.2, 0.25) is 0 Å². The maximum absolute atomic E-state index is 10.8. The topological polar surface area (TPSA) is 61.4 Å². The molecule has 2 rings (SSSR count). The van der Waals surface area contributed by atoms with E-state index < -0.39 is 5.97 Å². The zero-order valence-corrected chi connectivity index (χ0v) is 8.33. The molecule has 0 spiro atoms. The summed E-state index contributed by atoms with van der Waals surface area (Å²) in [7, 11) is 0. The monoisotopic (exact) mass is 198 g/mol. The summed E-state index contributed by atoms with van der Waals surface area (Å²) in [5, 5.41) is 15.3. The minimum absolute atomic E-state index is 0.296. The van der Waals surface area contributed by atoms with E-state index in [9.17, 15) is 4.79 Å². The number of hydrogen-bond acceptors (Lipinski definition) is 3. The Balaban J connectivity index is 1.85. The van der Waals surface area contributed by atoms with Crippen LogP contribution in [0.1, 0.15) is 19.3 Å². The standard InChI is InChI=1S/C10H18N2O2/c13-10(14)9-5-8(6-12-9)7-1-3-11-4-2-7/h7-9,11-12H,1-6H2,(H,13,14). The summed E-state index contributed by atoms with van der Waals surface area (Å²) in [4.78, 5) is 10.8. The summed E-state index contributed by atoms with van der Waals surface area (Å²) in [5.74, 6) is 0.618. The van der Waals surface area contributed by atoms with Gasteiger partial charge in [0.1, 0.15) is 6.04 Å². The fraction of sp³-hybridized carbons (Fsp3) is 0.900. The van der Waals surface area contributed by atoms with Gasteiger partial charge in [-0.2, -0.15) is 0 Å². The Hall–Kier alpha value is -0.610. The molecule has 0 aromatic heterocycles. The highest BCUT2D eigenvalue weighted by Crippen LogP contribution is 2.28. The van der Waals surface area contributed by atoms with Crippen LogP contribution >= 0.6 is 0 Å². The summed E-state index contributed by atoms with van der Waals surface area (Å²) in [5.41, 5.74) is 0. The maximum Gasteiger partial charge on any atom is 0.320 e. The molecule has 80 valence electrons. The predicted octanol–water partition coefficient (Wildman–Crippen LogP) is 0.0487. The summed E-state index contributed by atoms with van der Waals surface area (Å²) >= 11 is 0. The molecule has 2 saturated heterocycles. The third-order valence-corrected chi connectivity index (χ3v) is 3.51. The minimum atomic E-state index is -0.693. The molecule has 0 radical (unpaired) electrons. The smallest absolute Gasteiger partial charge is 0.320 e. The number of carboxylic acid groups (broad SMARTS) is 1. The molecular formula is C10H18N2O2. The molecule has 0 saturated carbocycles. The van der Waals surface area contributed by atoms with Crippen LogP contribution in [0.2, 0.25) is 0 Å². The third kappa shape index (κ3) is 2.07. The van der Waals surface area contributed by atoms with E-state index in [0.29, 0.717) is 5.92 Å². The van der Waals surface area contributed by atoms with Crippen LogP contribution < -0.4 is 10.6 Å². The zero-order valence-electron chi connectivity index (χ0n) is 8.33. The van der Waals surface area contributed by atoms with Crippen molar-refractivity contribution in [3.05, 3.63) is 0 Å². The van der Waals surface area contributed by atoms with Crippen molar-refractivity contribution in [3.63, 3.8) is 0 Å². The molecule has 2 heterocycles. The lowest BCUT2D eigenvalue weighted by atomic mass is 9.83. The van der Waals surface area contributed by atoms with Crippen LogP contribution in [0.4, 0.5) is 0 Å². The molecule has 0 aromatic rings. The predicted molar refractivity (Wildman–Crippen MR) is 53.1 cm³/mol. The number of carbonyl (C=O) groups is 1. The largest absolute Gasteiger partial charge is 0.480 e. The molecule has 0 amide bonds. The van der Waals surface area contributed by atoms with Crippen molar-refractivity contribution in [2.45, 2.75) is 25.3 Å². The quantitative estimate of drug-likeness (QED) is 0.586. The Morgan fingerprint density at radius 2 is 1.93 bits per heavy atom. The summed E-state index contributed by atoms with van der Waals surface area (Å²) in [6.07, 6.45) is 3.23. The van der Waals surface area contributed by atoms with Crippen molar-refractivity contribution < 1.29 is 9.90 Å². The molecule has 0 bridgehead atoms. The van der Waals surface area contributed by atoms with Crippen molar-refractivity contribution in [2.75, 3.05) is 19.6 Å². The van der Waals surface area contributed by atoms with Gasteiger partial charge in [-0.25, -0.2) is 0 Å². The molecular weight excluding hydrogens is 180 g/mol. The molecule has 0 aliphatic carbocycles. The van der Waals surface area contributed by atoms with E-state index >= 15 is 0 Å². The average Bonchev–Trinajstić information content (AvgIpc) is 2.68. The number of carboxylic acids is 1. The highest BCUT2D eigenvalue weighted by molar-refractivity contribution is 5.73. The van der Waals surface area contributed by atoms with E-state index in [1.807, 2.05) is 0 Å². The van der Waals surface area contributed by atoms with Crippen LogP contribution in [0, 0.1) is 11.8 Å². The molecule has 2 atom stereocenters. The molecule has 2 aliphatic rings. The summed E-state index contributed by atoms with van der Waals surface area (Å²) in [6.45, 7) is 3.08. The highest BCUT2D eigenvalue weighted by Gasteiger charge is 2.34. The number of piperidine rings is 1. The fourth-order valence-corrected chi connectivity index (χ4v) is 2.63. The molecule has 4 nitrogen and oxygen atoms in total. The van der Waals surface area contributed by atoms with Gasteiger partial charge < -0.3 is 15.7 Å². The molecule has 2 fully saturated rings. The van der Waals surface area contributed by atoms with E-state index in [1.54, 1.807) is 0 Å². The lowest BCUT2D eigenvalue weighted by Gasteiger charge is -2.27. The first-order chi connectivity index (χ1) is 6.77. The van der Waals surface area contributed by atoms with Gasteiger partial charge in [0.05, 0.1) is 0 Å². The second-order valence-corrected chi connectivity index (χ2v) is 4.38. The Labute approximate surface area is 84.1 Å². The summed E-state index contributed by atoms with van der Waals surface area (Å²) < 4.78 is 0. The Kier molecular flexibility index (Phi) is 3.03.